The van der Waals surface area contributed by atoms with Gasteiger partial charge in [-0.2, -0.15) is 0 Å². The maximum atomic E-state index is 14.1. The van der Waals surface area contributed by atoms with Crippen molar-refractivity contribution in [3.63, 3.8) is 0 Å². The monoisotopic (exact) mass is 366 g/mol. The van der Waals surface area contributed by atoms with Gasteiger partial charge in [0, 0.05) is 0 Å². The Labute approximate surface area is 159 Å². The Morgan fingerprint density at radius 2 is 1.41 bits per heavy atom. The van der Waals surface area contributed by atoms with Crippen LogP contribution in [-0.2, 0) is 6.42 Å². The maximum Gasteiger partial charge on any atom is 0.133 e. The molecule has 3 rings (SSSR count). The lowest BCUT2D eigenvalue weighted by molar-refractivity contribution is 0.314. The second kappa shape index (κ2) is 8.81. The molecule has 140 valence electrons. The van der Waals surface area contributed by atoms with E-state index in [9.17, 15) is 8.78 Å². The van der Waals surface area contributed by atoms with Gasteiger partial charge in [-0.15, -0.1) is 0 Å². The second-order valence-electron chi connectivity index (χ2n) is 6.60. The number of rotatable bonds is 7. The van der Waals surface area contributed by atoms with Crippen LogP contribution in [0.15, 0.2) is 60.7 Å². The van der Waals surface area contributed by atoms with Crippen molar-refractivity contribution in [3.8, 4) is 28.0 Å². The highest BCUT2D eigenvalue weighted by Crippen LogP contribution is 2.32. The Morgan fingerprint density at radius 1 is 0.741 bits per heavy atom. The van der Waals surface area contributed by atoms with Gasteiger partial charge in [-0.05, 0) is 65.4 Å². The number of hydrogen-bond donors (Lipinski definition) is 0. The molecule has 0 atom stereocenters. The van der Waals surface area contributed by atoms with E-state index in [0.29, 0.717) is 12.2 Å². The van der Waals surface area contributed by atoms with Crippen LogP contribution in [0.25, 0.3) is 22.3 Å². The molecule has 0 bridgehead atoms. The highest BCUT2D eigenvalue weighted by molar-refractivity contribution is 5.74. The highest BCUT2D eigenvalue weighted by atomic mass is 19.1. The number of hydrogen-bond acceptors (Lipinski definition) is 1. The first-order chi connectivity index (χ1) is 13.1. The van der Waals surface area contributed by atoms with E-state index >= 15 is 0 Å². The SMILES string of the molecule is CCCOc1ccc(-c2cccc(-c3c(F)cccc3F)c2)cc1CCC. The molecule has 0 N–H and O–H groups in total. The minimum atomic E-state index is -0.554. The van der Waals surface area contributed by atoms with Crippen molar-refractivity contribution in [1.82, 2.24) is 0 Å². The summed E-state index contributed by atoms with van der Waals surface area (Å²) < 4.78 is 34.2. The largest absolute Gasteiger partial charge is 0.493 e. The summed E-state index contributed by atoms with van der Waals surface area (Å²) in [6.45, 7) is 4.91. The molecule has 0 unspecified atom stereocenters. The fraction of sp³-hybridized carbons (Fsp3) is 0.250. The van der Waals surface area contributed by atoms with Gasteiger partial charge in [0.15, 0.2) is 0 Å². The second-order valence-corrected chi connectivity index (χ2v) is 6.60. The van der Waals surface area contributed by atoms with E-state index < -0.39 is 11.6 Å². The molecular formula is C24H24F2O. The predicted molar refractivity (Wildman–Crippen MR) is 107 cm³/mol. The zero-order valence-electron chi connectivity index (χ0n) is 15.8. The lowest BCUT2D eigenvalue weighted by Crippen LogP contribution is -1.99. The van der Waals surface area contributed by atoms with Gasteiger partial charge in [0.1, 0.15) is 17.4 Å². The molecule has 0 aliphatic carbocycles. The summed E-state index contributed by atoms with van der Waals surface area (Å²) in [5, 5.41) is 0. The van der Waals surface area contributed by atoms with E-state index in [-0.39, 0.29) is 5.56 Å². The van der Waals surface area contributed by atoms with Crippen LogP contribution in [-0.4, -0.2) is 6.61 Å². The minimum absolute atomic E-state index is 0.0102. The zero-order chi connectivity index (χ0) is 19.2. The van der Waals surface area contributed by atoms with Crippen molar-refractivity contribution in [3.05, 3.63) is 77.9 Å². The summed E-state index contributed by atoms with van der Waals surface area (Å²) in [4.78, 5) is 0. The van der Waals surface area contributed by atoms with Crippen molar-refractivity contribution in [2.24, 2.45) is 0 Å². The first-order valence-corrected chi connectivity index (χ1v) is 9.44. The van der Waals surface area contributed by atoms with Crippen molar-refractivity contribution in [2.45, 2.75) is 33.1 Å². The van der Waals surface area contributed by atoms with Crippen LogP contribution in [0.2, 0.25) is 0 Å². The van der Waals surface area contributed by atoms with Gasteiger partial charge in [-0.1, -0.05) is 50.6 Å². The number of benzene rings is 3. The van der Waals surface area contributed by atoms with E-state index in [1.807, 2.05) is 30.3 Å². The third-order valence-electron chi connectivity index (χ3n) is 4.49. The van der Waals surface area contributed by atoms with Crippen LogP contribution in [0.5, 0.6) is 5.75 Å². The van der Waals surface area contributed by atoms with E-state index in [1.54, 1.807) is 6.07 Å². The number of aryl methyl sites for hydroxylation is 1. The van der Waals surface area contributed by atoms with Crippen LogP contribution in [0.1, 0.15) is 32.3 Å². The molecule has 0 heterocycles. The van der Waals surface area contributed by atoms with Crippen LogP contribution in [0.4, 0.5) is 8.78 Å². The normalized spacial score (nSPS) is 10.8. The van der Waals surface area contributed by atoms with Gasteiger partial charge in [0.25, 0.3) is 0 Å². The molecule has 27 heavy (non-hydrogen) atoms. The predicted octanol–water partition coefficient (Wildman–Crippen LogP) is 7.04. The number of halogens is 2. The van der Waals surface area contributed by atoms with Gasteiger partial charge < -0.3 is 4.74 Å². The lowest BCUT2D eigenvalue weighted by atomic mass is 9.96. The van der Waals surface area contributed by atoms with Gasteiger partial charge in [0.2, 0.25) is 0 Å². The smallest absolute Gasteiger partial charge is 0.133 e. The van der Waals surface area contributed by atoms with Gasteiger partial charge in [-0.3, -0.25) is 0 Å². The molecule has 3 aromatic rings. The average Bonchev–Trinajstić information content (AvgIpc) is 2.67. The van der Waals surface area contributed by atoms with E-state index in [4.69, 9.17) is 4.74 Å². The summed E-state index contributed by atoms with van der Waals surface area (Å²) in [7, 11) is 0. The molecule has 0 radical (unpaired) electrons. The molecule has 0 amide bonds. The third kappa shape index (κ3) is 4.36. The Kier molecular flexibility index (Phi) is 6.23. The molecular weight excluding hydrogens is 342 g/mol. The van der Waals surface area contributed by atoms with E-state index in [2.05, 4.69) is 19.9 Å². The Morgan fingerprint density at radius 3 is 2.11 bits per heavy atom. The Hall–Kier alpha value is -2.68. The zero-order valence-corrected chi connectivity index (χ0v) is 15.8. The lowest BCUT2D eigenvalue weighted by Gasteiger charge is -2.13. The summed E-state index contributed by atoms with van der Waals surface area (Å²) in [6, 6.07) is 17.4. The molecule has 0 aromatic heterocycles. The summed E-state index contributed by atoms with van der Waals surface area (Å²) in [5.41, 5.74) is 3.64. The van der Waals surface area contributed by atoms with Gasteiger partial charge in [-0.25, -0.2) is 8.78 Å². The van der Waals surface area contributed by atoms with Crippen LogP contribution < -0.4 is 4.74 Å². The molecule has 0 saturated carbocycles. The van der Waals surface area contributed by atoms with E-state index in [0.717, 1.165) is 41.7 Å². The van der Waals surface area contributed by atoms with Gasteiger partial charge in [0.05, 0.1) is 12.2 Å². The Balaban J connectivity index is 2.01. The molecule has 3 heteroatoms. The van der Waals surface area contributed by atoms with E-state index in [1.165, 1.54) is 18.2 Å². The molecule has 1 nitrogen and oxygen atoms in total. The maximum absolute atomic E-state index is 14.1. The third-order valence-corrected chi connectivity index (χ3v) is 4.49. The summed E-state index contributed by atoms with van der Waals surface area (Å²) in [6.07, 6.45) is 2.91. The van der Waals surface area contributed by atoms with Crippen molar-refractivity contribution in [1.29, 1.82) is 0 Å². The topological polar surface area (TPSA) is 9.23 Å². The first kappa shape index (κ1) is 19.1. The van der Waals surface area contributed by atoms with Crippen LogP contribution >= 0.6 is 0 Å². The number of ether oxygens (including phenoxy) is 1. The molecule has 3 aromatic carbocycles. The fourth-order valence-electron chi connectivity index (χ4n) is 3.20. The molecule has 0 aliphatic rings. The summed E-state index contributed by atoms with van der Waals surface area (Å²) >= 11 is 0. The Bertz CT molecular complexity index is 898. The van der Waals surface area contributed by atoms with Crippen molar-refractivity contribution < 1.29 is 13.5 Å². The van der Waals surface area contributed by atoms with Gasteiger partial charge >= 0.3 is 0 Å². The molecule has 0 spiro atoms. The van der Waals surface area contributed by atoms with Crippen molar-refractivity contribution >= 4 is 0 Å². The highest BCUT2D eigenvalue weighted by Gasteiger charge is 2.12. The van der Waals surface area contributed by atoms with Crippen molar-refractivity contribution in [2.75, 3.05) is 6.61 Å². The quantitative estimate of drug-likeness (QED) is 0.436. The molecule has 0 aliphatic heterocycles. The van der Waals surface area contributed by atoms with Crippen LogP contribution in [0, 0.1) is 11.6 Å². The molecule has 0 saturated heterocycles. The molecule has 0 fully saturated rings. The standard InChI is InChI=1S/C24H24F2O/c1-3-7-19-15-18(12-13-23(19)27-14-4-2)17-8-5-9-20(16-17)24-21(25)10-6-11-22(24)26/h5-6,8-13,15-16H,3-4,7,14H2,1-2H3. The average molecular weight is 366 g/mol. The first-order valence-electron chi connectivity index (χ1n) is 9.44. The fourth-order valence-corrected chi connectivity index (χ4v) is 3.20. The van der Waals surface area contributed by atoms with Crippen LogP contribution in [0.3, 0.4) is 0 Å². The minimum Gasteiger partial charge on any atom is -0.493 e. The summed E-state index contributed by atoms with van der Waals surface area (Å²) in [5.74, 6) is -0.192.